The first-order valence-corrected chi connectivity index (χ1v) is 14.5. The minimum absolute atomic E-state index is 0.0446. The summed E-state index contributed by atoms with van der Waals surface area (Å²) in [4.78, 5) is 17.0. The number of hydrogen-bond donors (Lipinski definition) is 3. The van der Waals surface area contributed by atoms with Crippen LogP contribution >= 0.6 is 0 Å². The molecule has 0 bridgehead atoms. The first-order chi connectivity index (χ1) is 18.9. The smallest absolute Gasteiger partial charge is 0.269 e. The molecule has 2 fully saturated rings. The fraction of sp³-hybridized carbons (Fsp3) is 0.444. The normalized spacial score (nSPS) is 18.3. The highest BCUT2D eigenvalue weighted by Crippen LogP contribution is 2.33. The number of piperidine rings is 2. The molecule has 2 aromatic carbocycles. The van der Waals surface area contributed by atoms with E-state index < -0.39 is 39.8 Å². The van der Waals surface area contributed by atoms with E-state index in [0.29, 0.717) is 17.1 Å². The van der Waals surface area contributed by atoms with Gasteiger partial charge in [-0.25, -0.2) is 17.2 Å². The molecule has 8 nitrogen and oxygen atoms in total. The van der Waals surface area contributed by atoms with Crippen molar-refractivity contribution in [2.45, 2.75) is 43.8 Å². The van der Waals surface area contributed by atoms with Gasteiger partial charge in [-0.15, -0.1) is 0 Å². The Morgan fingerprint density at radius 3 is 2.30 bits per heavy atom. The number of nitrogens with one attached hydrogen (secondary N) is 2. The van der Waals surface area contributed by atoms with Crippen LogP contribution in [0.25, 0.3) is 0 Å². The van der Waals surface area contributed by atoms with E-state index >= 15 is 0 Å². The predicted molar refractivity (Wildman–Crippen MR) is 147 cm³/mol. The number of sulfonamides is 1. The predicted octanol–water partition coefficient (Wildman–Crippen LogP) is 5.05. The lowest BCUT2D eigenvalue weighted by Crippen LogP contribution is -2.39. The van der Waals surface area contributed by atoms with Crippen LogP contribution in [-0.4, -0.2) is 63.4 Å². The van der Waals surface area contributed by atoms with Crippen LogP contribution in [0, 0.1) is 0 Å². The summed E-state index contributed by atoms with van der Waals surface area (Å²) >= 11 is 0. The molecule has 2 aliphatic rings. The van der Waals surface area contributed by atoms with E-state index in [0.717, 1.165) is 0 Å². The van der Waals surface area contributed by atoms with Crippen LogP contribution < -0.4 is 19.8 Å². The van der Waals surface area contributed by atoms with Gasteiger partial charge in [-0.05, 0) is 61.7 Å². The minimum atomic E-state index is -3.91. The van der Waals surface area contributed by atoms with Crippen LogP contribution in [-0.2, 0) is 10.0 Å². The van der Waals surface area contributed by atoms with Crippen molar-refractivity contribution >= 4 is 38.7 Å². The molecule has 40 heavy (non-hydrogen) atoms. The van der Waals surface area contributed by atoms with E-state index in [4.69, 9.17) is 0 Å². The maximum atomic E-state index is 13.6. The topological polar surface area (TPSA) is 102 Å². The Morgan fingerprint density at radius 1 is 1.00 bits per heavy atom. The van der Waals surface area contributed by atoms with Gasteiger partial charge < -0.3 is 20.2 Å². The summed E-state index contributed by atoms with van der Waals surface area (Å²) in [6.07, 6.45) is -2.03. The summed E-state index contributed by atoms with van der Waals surface area (Å²) in [5, 5.41) is 11.0. The van der Waals surface area contributed by atoms with Crippen LogP contribution in [0.1, 0.15) is 43.0 Å². The number of nitrogens with zero attached hydrogens (tertiary/aromatic N) is 2. The molecule has 1 atom stereocenters. The Labute approximate surface area is 230 Å². The highest BCUT2D eigenvalue weighted by molar-refractivity contribution is 7.93. The molecule has 1 amide bonds. The van der Waals surface area contributed by atoms with Gasteiger partial charge in [0, 0.05) is 50.4 Å². The van der Waals surface area contributed by atoms with Crippen molar-refractivity contribution in [3.63, 3.8) is 0 Å². The van der Waals surface area contributed by atoms with Crippen molar-refractivity contribution in [1.82, 2.24) is 0 Å². The van der Waals surface area contributed by atoms with Gasteiger partial charge in [-0.3, -0.25) is 9.52 Å². The molecule has 2 aliphatic heterocycles. The molecule has 0 saturated carbocycles. The van der Waals surface area contributed by atoms with E-state index in [1.807, 2.05) is 4.90 Å². The molecule has 0 aliphatic carbocycles. The number of benzene rings is 2. The van der Waals surface area contributed by atoms with Crippen molar-refractivity contribution in [3.8, 4) is 0 Å². The standard InChI is InChI=1S/C27H32F4N4O4S/c1-18(17-36)40(38,39)33-21-5-6-23(24(16-21)35-11-7-19(8-12-35)25(28)29)26(37)32-20-3-2-4-22(15-20)34-13-9-27(30,31)10-14-34/h2-6,15-16,18,33,36H,7-14,17H2,1H3,(H,32,37)/t18-/m0/s1. The van der Waals surface area contributed by atoms with E-state index in [-0.39, 0.29) is 68.7 Å². The van der Waals surface area contributed by atoms with Crippen LogP contribution in [0.15, 0.2) is 54.1 Å². The first-order valence-electron chi connectivity index (χ1n) is 13.0. The molecule has 0 spiro atoms. The number of halogens is 4. The molecule has 0 unspecified atom stereocenters. The molecule has 2 saturated heterocycles. The lowest BCUT2D eigenvalue weighted by Gasteiger charge is -2.33. The zero-order valence-corrected chi connectivity index (χ0v) is 22.8. The zero-order valence-electron chi connectivity index (χ0n) is 22.0. The maximum absolute atomic E-state index is 13.6. The Morgan fingerprint density at radius 2 is 1.68 bits per heavy atom. The third-order valence-corrected chi connectivity index (χ3v) is 8.96. The number of anilines is 4. The fourth-order valence-electron chi connectivity index (χ4n) is 4.69. The highest BCUT2D eigenvalue weighted by atomic mass is 32.2. The van der Waals surface area contributed by atoms with Gasteiger partial charge in [0.15, 0.2) is 0 Å². The summed E-state index contributed by atoms with van der Waals surface area (Å²) in [6, 6.07) is 11.2. The molecule has 3 N–H and O–H groups in total. The van der Waals surface area contributed by atoms with Crippen molar-refractivity contribution in [2.24, 2.45) is 0 Å². The van der Waals surface area contributed by atoms with E-state index in [2.05, 4.69) is 10.0 Å². The molecule has 0 aromatic heterocycles. The summed E-state index contributed by atoms with van der Waals surface area (Å²) in [6.45, 7) is 1.53. The first kappa shape index (κ1) is 29.7. The number of carbonyl (C=O) groups excluding carboxylic acids is 1. The van der Waals surface area contributed by atoms with Crippen molar-refractivity contribution in [3.05, 3.63) is 59.7 Å². The number of rotatable bonds is 8. The summed E-state index contributed by atoms with van der Waals surface area (Å²) in [5.74, 6) is -3.19. The monoisotopic (exact) mass is 584 g/mol. The van der Waals surface area contributed by atoms with Gasteiger partial charge >= 0.3 is 0 Å². The van der Waals surface area contributed by atoms with E-state index in [1.165, 1.54) is 25.1 Å². The molecule has 4 rings (SSSR count). The molecular weight excluding hydrogens is 552 g/mol. The zero-order chi connectivity index (χ0) is 29.1. The van der Waals surface area contributed by atoms with Crippen LogP contribution in [0.2, 0.25) is 0 Å². The Bertz CT molecular complexity index is 1360. The number of aliphatic hydroxyl groups is 1. The van der Waals surface area contributed by atoms with Crippen LogP contribution in [0.3, 0.4) is 0 Å². The van der Waals surface area contributed by atoms with Gasteiger partial charge in [0.25, 0.3) is 17.9 Å². The van der Waals surface area contributed by atoms with E-state index in [1.54, 1.807) is 29.2 Å². The van der Waals surface area contributed by atoms with E-state index in [9.17, 15) is 35.9 Å². The van der Waals surface area contributed by atoms with Crippen LogP contribution in [0.5, 0.6) is 0 Å². The van der Waals surface area contributed by atoms with Crippen molar-refractivity contribution < 1.29 is 35.9 Å². The molecule has 0 radical (unpaired) electrons. The Kier molecular flexibility index (Phi) is 8.93. The van der Waals surface area contributed by atoms with Crippen molar-refractivity contribution in [2.75, 3.05) is 52.6 Å². The molecule has 2 heterocycles. The average Bonchev–Trinajstić information content (AvgIpc) is 2.92. The number of hydrogen-bond acceptors (Lipinski definition) is 6. The number of alkyl halides is 2. The lowest BCUT2D eigenvalue weighted by atomic mass is 10.0. The minimum Gasteiger partial charge on any atom is -0.395 e. The number of amides is 1. The molecule has 2 aromatic rings. The summed E-state index contributed by atoms with van der Waals surface area (Å²) in [7, 11) is -3.91. The van der Waals surface area contributed by atoms with Gasteiger partial charge in [-0.2, -0.15) is 8.78 Å². The quantitative estimate of drug-likeness (QED) is 0.376. The maximum Gasteiger partial charge on any atom is 0.269 e. The molecular formula is C27H32F4N4O4S. The Balaban J connectivity index is 1.59. The SMILES string of the molecule is C[C@@H](CO)S(=O)(=O)Nc1ccc(C(=O)Nc2cccc(N3CCC(F)(F)CC3)c2)c(N2CCC(=C(F)F)CC2)c1. The summed E-state index contributed by atoms with van der Waals surface area (Å²) in [5.41, 5.74) is 1.91. The van der Waals surface area contributed by atoms with Gasteiger partial charge in [0.1, 0.15) is 5.25 Å². The van der Waals surface area contributed by atoms with Gasteiger partial charge in [-0.1, -0.05) is 6.07 Å². The largest absolute Gasteiger partial charge is 0.395 e. The fourth-order valence-corrected chi connectivity index (χ4v) is 5.54. The van der Waals surface area contributed by atoms with Gasteiger partial charge in [0.05, 0.1) is 23.5 Å². The third kappa shape index (κ3) is 7.05. The second-order valence-electron chi connectivity index (χ2n) is 10.1. The average molecular weight is 585 g/mol. The van der Waals surface area contributed by atoms with Crippen LogP contribution in [0.4, 0.5) is 40.3 Å². The molecule has 218 valence electrons. The highest BCUT2D eigenvalue weighted by Gasteiger charge is 2.34. The number of carbonyl (C=O) groups is 1. The Hall–Kier alpha value is -3.32. The molecule has 13 heteroatoms. The second kappa shape index (κ2) is 12.0. The second-order valence-corrected chi connectivity index (χ2v) is 12.2. The lowest BCUT2D eigenvalue weighted by molar-refractivity contribution is -0.0220. The number of aliphatic hydroxyl groups excluding tert-OH is 1. The van der Waals surface area contributed by atoms with Gasteiger partial charge in [0.2, 0.25) is 10.0 Å². The third-order valence-electron chi connectivity index (χ3n) is 7.23. The summed E-state index contributed by atoms with van der Waals surface area (Å²) < 4.78 is 80.8. The van der Waals surface area contributed by atoms with Crippen molar-refractivity contribution in [1.29, 1.82) is 0 Å².